The third-order valence-electron chi connectivity index (χ3n) is 3.87. The highest BCUT2D eigenvalue weighted by Crippen LogP contribution is 2.16. The number of esters is 2. The van der Waals surface area contributed by atoms with Crippen molar-refractivity contribution < 1.29 is 24.2 Å². The van der Waals surface area contributed by atoms with Crippen molar-refractivity contribution >= 4 is 11.9 Å². The summed E-state index contributed by atoms with van der Waals surface area (Å²) in [6.45, 7) is 0.304. The molecule has 0 saturated heterocycles. The van der Waals surface area contributed by atoms with Gasteiger partial charge >= 0.3 is 11.9 Å². The molecule has 22 heavy (non-hydrogen) atoms. The fourth-order valence-corrected chi connectivity index (χ4v) is 2.49. The van der Waals surface area contributed by atoms with Crippen molar-refractivity contribution in [2.75, 3.05) is 20.8 Å². The van der Waals surface area contributed by atoms with Gasteiger partial charge in [0.1, 0.15) is 0 Å². The van der Waals surface area contributed by atoms with E-state index in [0.29, 0.717) is 13.0 Å². The summed E-state index contributed by atoms with van der Waals surface area (Å²) in [6, 6.07) is 0. The Bertz CT molecular complexity index is 275. The number of ether oxygens (including phenoxy) is 2. The number of rotatable bonds is 14. The highest BCUT2D eigenvalue weighted by atomic mass is 16.5. The summed E-state index contributed by atoms with van der Waals surface area (Å²) in [6.07, 6.45) is 11.7. The van der Waals surface area contributed by atoms with E-state index in [1.165, 1.54) is 46.3 Å². The van der Waals surface area contributed by atoms with Crippen LogP contribution in [0.4, 0.5) is 0 Å². The highest BCUT2D eigenvalue weighted by Gasteiger charge is 2.27. The second kappa shape index (κ2) is 14.8. The number of hydrogen-bond acceptors (Lipinski definition) is 5. The monoisotopic (exact) mass is 316 g/mol. The Hall–Kier alpha value is -1.10. The maximum atomic E-state index is 11.5. The van der Waals surface area contributed by atoms with Crippen LogP contribution in [0, 0.1) is 5.92 Å². The molecule has 0 radical (unpaired) electrons. The Kier molecular flexibility index (Phi) is 14.1. The van der Waals surface area contributed by atoms with E-state index in [1.807, 2.05) is 0 Å². The molecular weight excluding hydrogens is 284 g/mol. The van der Waals surface area contributed by atoms with Gasteiger partial charge in [-0.25, -0.2) is 0 Å². The lowest BCUT2D eigenvalue weighted by atomic mass is 10.00. The van der Waals surface area contributed by atoms with Crippen LogP contribution in [0.2, 0.25) is 0 Å². The Morgan fingerprint density at radius 3 is 1.45 bits per heavy atom. The van der Waals surface area contributed by atoms with E-state index in [9.17, 15) is 9.59 Å². The smallest absolute Gasteiger partial charge is 0.320 e. The molecule has 0 fully saturated rings. The van der Waals surface area contributed by atoms with E-state index in [-0.39, 0.29) is 0 Å². The number of carbonyl (C=O) groups is 2. The molecule has 0 aromatic rings. The van der Waals surface area contributed by atoms with Crippen LogP contribution in [0.1, 0.15) is 70.6 Å². The molecule has 0 aliphatic carbocycles. The van der Waals surface area contributed by atoms with Gasteiger partial charge in [0.15, 0.2) is 5.92 Å². The molecule has 0 aromatic carbocycles. The second-order valence-corrected chi connectivity index (χ2v) is 5.65. The van der Waals surface area contributed by atoms with Gasteiger partial charge in [-0.2, -0.15) is 0 Å². The maximum Gasteiger partial charge on any atom is 0.320 e. The third kappa shape index (κ3) is 10.6. The first-order chi connectivity index (χ1) is 10.7. The van der Waals surface area contributed by atoms with E-state index in [0.717, 1.165) is 32.1 Å². The highest BCUT2D eigenvalue weighted by molar-refractivity contribution is 5.94. The fraction of sp³-hybridized carbons (Fsp3) is 0.882. The normalized spacial score (nSPS) is 10.7. The zero-order chi connectivity index (χ0) is 16.6. The number of aliphatic hydroxyl groups is 1. The van der Waals surface area contributed by atoms with E-state index in [1.54, 1.807) is 0 Å². The van der Waals surface area contributed by atoms with Crippen molar-refractivity contribution in [2.24, 2.45) is 5.92 Å². The molecule has 5 heteroatoms. The van der Waals surface area contributed by atoms with Crippen LogP contribution in [-0.2, 0) is 19.1 Å². The fourth-order valence-electron chi connectivity index (χ4n) is 2.49. The summed E-state index contributed by atoms with van der Waals surface area (Å²) < 4.78 is 9.26. The lowest BCUT2D eigenvalue weighted by molar-refractivity contribution is -0.159. The first kappa shape index (κ1) is 20.9. The van der Waals surface area contributed by atoms with Crippen molar-refractivity contribution in [3.63, 3.8) is 0 Å². The molecular formula is C17H32O5. The number of aliphatic hydroxyl groups excluding tert-OH is 1. The Morgan fingerprint density at radius 2 is 1.09 bits per heavy atom. The van der Waals surface area contributed by atoms with Gasteiger partial charge in [0.25, 0.3) is 0 Å². The Morgan fingerprint density at radius 1 is 0.727 bits per heavy atom. The molecule has 0 bridgehead atoms. The van der Waals surface area contributed by atoms with Crippen molar-refractivity contribution in [3.8, 4) is 0 Å². The Labute approximate surface area is 134 Å². The molecule has 0 rings (SSSR count). The van der Waals surface area contributed by atoms with Gasteiger partial charge in [0.05, 0.1) is 14.2 Å². The zero-order valence-corrected chi connectivity index (χ0v) is 14.1. The SMILES string of the molecule is COC(=O)C(CCCCCCCCCCCCO)C(=O)OC. The number of methoxy groups -OCH3 is 2. The van der Waals surface area contributed by atoms with Crippen LogP contribution in [-0.4, -0.2) is 37.9 Å². The molecule has 0 spiro atoms. The zero-order valence-electron chi connectivity index (χ0n) is 14.1. The van der Waals surface area contributed by atoms with Crippen LogP contribution < -0.4 is 0 Å². The number of unbranched alkanes of at least 4 members (excludes halogenated alkanes) is 9. The third-order valence-corrected chi connectivity index (χ3v) is 3.87. The van der Waals surface area contributed by atoms with Crippen LogP contribution >= 0.6 is 0 Å². The number of hydrogen-bond donors (Lipinski definition) is 1. The van der Waals surface area contributed by atoms with E-state index in [4.69, 9.17) is 5.11 Å². The molecule has 0 aliphatic rings. The van der Waals surface area contributed by atoms with Gasteiger partial charge < -0.3 is 14.6 Å². The minimum Gasteiger partial charge on any atom is -0.468 e. The standard InChI is InChI=1S/C17H32O5/c1-21-16(19)15(17(20)22-2)13-11-9-7-5-3-4-6-8-10-12-14-18/h15,18H,3-14H2,1-2H3. The summed E-state index contributed by atoms with van der Waals surface area (Å²) in [5.41, 5.74) is 0. The quantitative estimate of drug-likeness (QED) is 0.302. The van der Waals surface area contributed by atoms with Gasteiger partial charge in [-0.15, -0.1) is 0 Å². The van der Waals surface area contributed by atoms with Gasteiger partial charge in [-0.1, -0.05) is 57.8 Å². The second-order valence-electron chi connectivity index (χ2n) is 5.65. The van der Waals surface area contributed by atoms with E-state index in [2.05, 4.69) is 9.47 Å². The minimum absolute atomic E-state index is 0.304. The largest absolute Gasteiger partial charge is 0.468 e. The predicted molar refractivity (Wildman–Crippen MR) is 85.4 cm³/mol. The molecule has 5 nitrogen and oxygen atoms in total. The van der Waals surface area contributed by atoms with Gasteiger partial charge in [0, 0.05) is 6.61 Å². The average Bonchev–Trinajstić information content (AvgIpc) is 2.54. The topological polar surface area (TPSA) is 72.8 Å². The molecule has 0 aromatic heterocycles. The van der Waals surface area contributed by atoms with Crippen molar-refractivity contribution in [1.29, 1.82) is 0 Å². The maximum absolute atomic E-state index is 11.5. The first-order valence-electron chi connectivity index (χ1n) is 8.43. The van der Waals surface area contributed by atoms with Crippen LogP contribution in [0.25, 0.3) is 0 Å². The lowest BCUT2D eigenvalue weighted by Gasteiger charge is -2.11. The summed E-state index contributed by atoms with van der Waals surface area (Å²) in [7, 11) is 2.58. The first-order valence-corrected chi connectivity index (χ1v) is 8.43. The summed E-state index contributed by atoms with van der Waals surface area (Å²) in [5.74, 6) is -1.79. The van der Waals surface area contributed by atoms with E-state index >= 15 is 0 Å². The van der Waals surface area contributed by atoms with Gasteiger partial charge in [-0.3, -0.25) is 9.59 Å². The van der Waals surface area contributed by atoms with Crippen LogP contribution in [0.5, 0.6) is 0 Å². The van der Waals surface area contributed by atoms with Crippen LogP contribution in [0.15, 0.2) is 0 Å². The summed E-state index contributed by atoms with van der Waals surface area (Å²) >= 11 is 0. The predicted octanol–water partition coefficient (Wildman–Crippen LogP) is 3.23. The molecule has 0 saturated carbocycles. The van der Waals surface area contributed by atoms with Crippen molar-refractivity contribution in [3.05, 3.63) is 0 Å². The molecule has 0 heterocycles. The summed E-state index contributed by atoms with van der Waals surface area (Å²) in [5, 5.41) is 8.67. The Balaban J connectivity index is 3.54. The average molecular weight is 316 g/mol. The molecule has 0 atom stereocenters. The lowest BCUT2D eigenvalue weighted by Crippen LogP contribution is -2.26. The van der Waals surface area contributed by atoms with Crippen molar-refractivity contribution in [1.82, 2.24) is 0 Å². The van der Waals surface area contributed by atoms with Crippen molar-refractivity contribution in [2.45, 2.75) is 70.6 Å². The molecule has 1 N–H and O–H groups in total. The molecule has 130 valence electrons. The molecule has 0 aliphatic heterocycles. The van der Waals surface area contributed by atoms with Gasteiger partial charge in [-0.05, 0) is 12.8 Å². The van der Waals surface area contributed by atoms with E-state index < -0.39 is 17.9 Å². The molecule has 0 amide bonds. The summed E-state index contributed by atoms with van der Waals surface area (Å²) in [4.78, 5) is 23.0. The van der Waals surface area contributed by atoms with Crippen LogP contribution in [0.3, 0.4) is 0 Å². The molecule has 0 unspecified atom stereocenters. The van der Waals surface area contributed by atoms with Gasteiger partial charge in [0.2, 0.25) is 0 Å². The number of carbonyl (C=O) groups excluding carboxylic acids is 2. The minimum atomic E-state index is -0.776.